The van der Waals surface area contributed by atoms with Crippen molar-refractivity contribution < 1.29 is 29.0 Å². The summed E-state index contributed by atoms with van der Waals surface area (Å²) >= 11 is 0. The van der Waals surface area contributed by atoms with E-state index in [-0.39, 0.29) is 18.3 Å². The molecule has 10 heteroatoms. The summed E-state index contributed by atoms with van der Waals surface area (Å²) in [6, 6.07) is 6.40. The largest absolute Gasteiger partial charge is 0.493 e. The van der Waals surface area contributed by atoms with Gasteiger partial charge >= 0.3 is 0 Å². The second-order valence-electron chi connectivity index (χ2n) is 6.86. The molecule has 172 valence electrons. The van der Waals surface area contributed by atoms with Gasteiger partial charge in [0.1, 0.15) is 0 Å². The highest BCUT2D eigenvalue weighted by Crippen LogP contribution is 2.37. The first-order valence-corrected chi connectivity index (χ1v) is 10.1. The Morgan fingerprint density at radius 2 is 1.75 bits per heavy atom. The smallest absolute Gasteiger partial charge is 0.290 e. The van der Waals surface area contributed by atoms with E-state index in [0.29, 0.717) is 34.9 Å². The summed E-state index contributed by atoms with van der Waals surface area (Å²) in [5.41, 5.74) is 1.19. The van der Waals surface area contributed by atoms with Crippen molar-refractivity contribution in [2.75, 3.05) is 45.7 Å². The maximum absolute atomic E-state index is 12.6. The number of carboxylic acid groups (broad SMARTS) is 1. The highest BCUT2D eigenvalue weighted by molar-refractivity contribution is 6.06. The number of rotatable bonds is 8. The molecule has 10 nitrogen and oxygen atoms in total. The van der Waals surface area contributed by atoms with Crippen molar-refractivity contribution in [3.05, 3.63) is 47.8 Å². The first-order chi connectivity index (χ1) is 15.5. The van der Waals surface area contributed by atoms with Gasteiger partial charge in [-0.25, -0.2) is 0 Å². The Morgan fingerprint density at radius 1 is 1.09 bits per heavy atom. The molecule has 1 aliphatic heterocycles. The molecule has 1 fully saturated rings. The molecule has 2 amide bonds. The molecule has 1 aromatic carbocycles. The highest BCUT2D eigenvalue weighted by Gasteiger charge is 2.19. The Bertz CT molecular complexity index is 901. The van der Waals surface area contributed by atoms with Crippen molar-refractivity contribution in [1.29, 1.82) is 0 Å². The van der Waals surface area contributed by atoms with Gasteiger partial charge in [-0.2, -0.15) is 0 Å². The second-order valence-corrected chi connectivity index (χ2v) is 6.86. The third-order valence-electron chi connectivity index (χ3n) is 4.84. The Kier molecular flexibility index (Phi) is 9.92. The molecular formula is C22H28N4O6. The summed E-state index contributed by atoms with van der Waals surface area (Å²) < 4.78 is 10.8. The highest BCUT2D eigenvalue weighted by atomic mass is 16.5. The van der Waals surface area contributed by atoms with E-state index in [4.69, 9.17) is 19.4 Å². The van der Waals surface area contributed by atoms with Gasteiger partial charge in [-0.1, -0.05) is 0 Å². The Labute approximate surface area is 186 Å². The molecule has 1 saturated heterocycles. The van der Waals surface area contributed by atoms with Gasteiger partial charge in [-0.3, -0.25) is 19.4 Å². The second kappa shape index (κ2) is 12.9. The van der Waals surface area contributed by atoms with Gasteiger partial charge in [0.25, 0.3) is 18.3 Å². The lowest BCUT2D eigenvalue weighted by Crippen LogP contribution is -2.33. The molecule has 3 N–H and O–H groups in total. The Balaban J connectivity index is 0.00000114. The van der Waals surface area contributed by atoms with Gasteiger partial charge < -0.3 is 30.1 Å². The zero-order valence-corrected chi connectivity index (χ0v) is 18.2. The average Bonchev–Trinajstić information content (AvgIpc) is 3.33. The number of carbonyl (C=O) groups excluding carboxylic acids is 2. The molecule has 3 rings (SSSR count). The first kappa shape index (κ1) is 24.6. The number of ether oxygens (including phenoxy) is 2. The standard InChI is InChI=1S/C21H26N4O4.CH2O2/c1-28-18-14-16(20(26)23-9-12-25-10-3-4-11-25)13-17(19(18)29-2)24-21(27)15-5-7-22-8-6-15;2-1-3/h5-8,13-14H,3-4,9-12H2,1-2H3,(H,23,26)(H,24,27);1H,(H,2,3). The maximum Gasteiger partial charge on any atom is 0.290 e. The van der Waals surface area contributed by atoms with Crippen LogP contribution >= 0.6 is 0 Å². The fraction of sp³-hybridized carbons (Fsp3) is 0.364. The number of benzene rings is 1. The third kappa shape index (κ3) is 6.95. The summed E-state index contributed by atoms with van der Waals surface area (Å²) in [7, 11) is 2.97. The number of hydrogen-bond donors (Lipinski definition) is 3. The van der Waals surface area contributed by atoms with Crippen molar-refractivity contribution in [3.8, 4) is 11.5 Å². The number of anilines is 1. The lowest BCUT2D eigenvalue weighted by molar-refractivity contribution is -0.122. The van der Waals surface area contributed by atoms with E-state index in [1.807, 2.05) is 0 Å². The summed E-state index contributed by atoms with van der Waals surface area (Å²) in [6.07, 6.45) is 5.50. The Hall–Kier alpha value is -3.66. The van der Waals surface area contributed by atoms with Gasteiger partial charge in [0.2, 0.25) is 0 Å². The molecule has 1 aliphatic rings. The van der Waals surface area contributed by atoms with Crippen LogP contribution in [0.15, 0.2) is 36.7 Å². The predicted octanol–water partition coefficient (Wildman–Crippen LogP) is 1.88. The molecule has 2 aromatic rings. The number of aromatic nitrogens is 1. The number of methoxy groups -OCH3 is 2. The minimum atomic E-state index is -0.334. The molecule has 0 aliphatic carbocycles. The van der Waals surface area contributed by atoms with Crippen LogP contribution in [-0.4, -0.2) is 73.7 Å². The maximum atomic E-state index is 12.6. The van der Waals surface area contributed by atoms with Crippen molar-refractivity contribution >= 4 is 24.0 Å². The fourth-order valence-corrected chi connectivity index (χ4v) is 3.32. The van der Waals surface area contributed by atoms with Gasteiger partial charge in [0.15, 0.2) is 11.5 Å². The molecule has 1 aromatic heterocycles. The van der Waals surface area contributed by atoms with Crippen LogP contribution in [0, 0.1) is 0 Å². The SMILES string of the molecule is COc1cc(C(=O)NCCN2CCCC2)cc(NC(=O)c2ccncc2)c1OC.O=CO. The van der Waals surface area contributed by atoms with E-state index in [2.05, 4.69) is 20.5 Å². The van der Waals surface area contributed by atoms with Crippen LogP contribution in [0.3, 0.4) is 0 Å². The summed E-state index contributed by atoms with van der Waals surface area (Å²) in [5, 5.41) is 12.6. The van der Waals surface area contributed by atoms with Crippen LogP contribution in [-0.2, 0) is 4.79 Å². The normalized spacial score (nSPS) is 12.8. The number of pyridine rings is 1. The molecule has 0 atom stereocenters. The lowest BCUT2D eigenvalue weighted by Gasteiger charge is -2.17. The monoisotopic (exact) mass is 444 g/mol. The van der Waals surface area contributed by atoms with Gasteiger partial charge in [0.05, 0.1) is 19.9 Å². The fourth-order valence-electron chi connectivity index (χ4n) is 3.32. The van der Waals surface area contributed by atoms with Crippen LogP contribution < -0.4 is 20.1 Å². The number of nitrogens with one attached hydrogen (secondary N) is 2. The van der Waals surface area contributed by atoms with Crippen molar-refractivity contribution in [2.24, 2.45) is 0 Å². The minimum Gasteiger partial charge on any atom is -0.493 e. The molecule has 0 unspecified atom stereocenters. The molecule has 2 heterocycles. The number of hydrogen-bond acceptors (Lipinski definition) is 7. The van der Waals surface area contributed by atoms with Crippen molar-refractivity contribution in [2.45, 2.75) is 12.8 Å². The van der Waals surface area contributed by atoms with Crippen LogP contribution in [0.25, 0.3) is 0 Å². The Morgan fingerprint density at radius 3 is 2.34 bits per heavy atom. The van der Waals surface area contributed by atoms with Crippen molar-refractivity contribution in [3.63, 3.8) is 0 Å². The summed E-state index contributed by atoms with van der Waals surface area (Å²) in [5.74, 6) is 0.150. The lowest BCUT2D eigenvalue weighted by atomic mass is 10.1. The van der Waals surface area contributed by atoms with Gasteiger partial charge in [-0.05, 0) is 50.2 Å². The quantitative estimate of drug-likeness (QED) is 0.526. The predicted molar refractivity (Wildman–Crippen MR) is 118 cm³/mol. The van der Waals surface area contributed by atoms with Crippen LogP contribution in [0.4, 0.5) is 5.69 Å². The third-order valence-corrected chi connectivity index (χ3v) is 4.84. The van der Waals surface area contributed by atoms with E-state index in [1.54, 1.807) is 24.3 Å². The number of carbonyl (C=O) groups is 3. The number of nitrogens with zero attached hydrogens (tertiary/aromatic N) is 2. The molecule has 0 radical (unpaired) electrons. The molecular weight excluding hydrogens is 416 g/mol. The zero-order chi connectivity index (χ0) is 23.3. The topological polar surface area (TPSA) is 130 Å². The minimum absolute atomic E-state index is 0.232. The zero-order valence-electron chi connectivity index (χ0n) is 18.2. The van der Waals surface area contributed by atoms with Gasteiger partial charge in [0, 0.05) is 36.6 Å². The van der Waals surface area contributed by atoms with E-state index in [1.165, 1.54) is 39.5 Å². The number of likely N-dealkylation sites (tertiary alicyclic amines) is 1. The van der Waals surface area contributed by atoms with E-state index in [0.717, 1.165) is 19.6 Å². The van der Waals surface area contributed by atoms with Crippen LogP contribution in [0.1, 0.15) is 33.6 Å². The number of amides is 2. The summed E-state index contributed by atoms with van der Waals surface area (Å²) in [6.45, 7) is 3.30. The van der Waals surface area contributed by atoms with Crippen molar-refractivity contribution in [1.82, 2.24) is 15.2 Å². The summed E-state index contributed by atoms with van der Waals surface area (Å²) in [4.78, 5) is 39.8. The van der Waals surface area contributed by atoms with E-state index >= 15 is 0 Å². The van der Waals surface area contributed by atoms with Crippen LogP contribution in [0.2, 0.25) is 0 Å². The van der Waals surface area contributed by atoms with Crippen LogP contribution in [0.5, 0.6) is 11.5 Å². The van der Waals surface area contributed by atoms with E-state index < -0.39 is 0 Å². The first-order valence-electron chi connectivity index (χ1n) is 10.1. The van der Waals surface area contributed by atoms with E-state index in [9.17, 15) is 9.59 Å². The molecule has 32 heavy (non-hydrogen) atoms. The molecule has 0 spiro atoms. The molecule has 0 bridgehead atoms. The molecule has 0 saturated carbocycles. The average molecular weight is 444 g/mol. The van der Waals surface area contributed by atoms with Gasteiger partial charge in [-0.15, -0.1) is 0 Å².